The van der Waals surface area contributed by atoms with Crippen LogP contribution in [0.2, 0.25) is 0 Å². The van der Waals surface area contributed by atoms with E-state index < -0.39 is 17.6 Å². The summed E-state index contributed by atoms with van der Waals surface area (Å²) in [6, 6.07) is 11.1. The van der Waals surface area contributed by atoms with Gasteiger partial charge in [0.25, 0.3) is 11.8 Å². The van der Waals surface area contributed by atoms with Crippen molar-refractivity contribution >= 4 is 34.5 Å². The lowest BCUT2D eigenvalue weighted by molar-refractivity contribution is -0.137. The van der Waals surface area contributed by atoms with E-state index in [1.54, 1.807) is 16.7 Å². The number of fused-ring (bicyclic) bond motifs is 2. The maximum absolute atomic E-state index is 13.2. The maximum atomic E-state index is 13.2. The number of halogens is 3. The summed E-state index contributed by atoms with van der Waals surface area (Å²) < 4.78 is 51.7. The van der Waals surface area contributed by atoms with Crippen LogP contribution in [0.3, 0.4) is 0 Å². The third-order valence-electron chi connectivity index (χ3n) is 5.07. The van der Waals surface area contributed by atoms with E-state index in [-0.39, 0.29) is 36.1 Å². The molecule has 168 valence electrons. The van der Waals surface area contributed by atoms with E-state index in [1.807, 2.05) is 0 Å². The maximum Gasteiger partial charge on any atom is 0.416 e. The van der Waals surface area contributed by atoms with Crippen molar-refractivity contribution in [1.29, 1.82) is 0 Å². The molecular formula is C22H15F3N4O4. The fraction of sp³-hybridized carbons (Fsp3) is 0.136. The first-order valence-corrected chi connectivity index (χ1v) is 9.76. The van der Waals surface area contributed by atoms with Gasteiger partial charge in [-0.05, 0) is 48.5 Å². The summed E-state index contributed by atoms with van der Waals surface area (Å²) in [4.78, 5) is 28.6. The molecule has 0 atom stereocenters. The van der Waals surface area contributed by atoms with Gasteiger partial charge >= 0.3 is 6.18 Å². The zero-order valence-electron chi connectivity index (χ0n) is 16.8. The molecule has 0 spiro atoms. The Morgan fingerprint density at radius 1 is 1.18 bits per heavy atom. The molecule has 0 aliphatic carbocycles. The minimum Gasteiger partial charge on any atom is -0.482 e. The number of benzene rings is 2. The van der Waals surface area contributed by atoms with Crippen molar-refractivity contribution in [1.82, 2.24) is 9.55 Å². The molecule has 2 amide bonds. The predicted molar refractivity (Wildman–Crippen MR) is 111 cm³/mol. The Bertz CT molecular complexity index is 1380. The minimum atomic E-state index is -4.53. The number of ether oxygens (including phenoxy) is 1. The molecule has 5 rings (SSSR count). The molecule has 0 bridgehead atoms. The van der Waals surface area contributed by atoms with Gasteiger partial charge in [0.15, 0.2) is 6.61 Å². The number of nitrogens with one attached hydrogen (secondary N) is 2. The van der Waals surface area contributed by atoms with E-state index >= 15 is 0 Å². The van der Waals surface area contributed by atoms with Gasteiger partial charge in [-0.25, -0.2) is 4.98 Å². The number of anilines is 2. The predicted octanol–water partition coefficient (Wildman–Crippen LogP) is 4.28. The molecule has 0 saturated heterocycles. The van der Waals surface area contributed by atoms with Gasteiger partial charge in [-0.15, -0.1) is 0 Å². The molecule has 0 radical (unpaired) electrons. The average molecular weight is 456 g/mol. The zero-order valence-corrected chi connectivity index (χ0v) is 16.8. The minimum absolute atomic E-state index is 0.0534. The van der Waals surface area contributed by atoms with Crippen LogP contribution in [-0.4, -0.2) is 28.0 Å². The van der Waals surface area contributed by atoms with E-state index in [0.29, 0.717) is 22.7 Å². The Balaban J connectivity index is 1.51. The number of aromatic nitrogens is 2. The molecule has 3 heterocycles. The van der Waals surface area contributed by atoms with Crippen molar-refractivity contribution in [3.05, 3.63) is 71.7 Å². The van der Waals surface area contributed by atoms with Crippen LogP contribution in [0, 0.1) is 0 Å². The number of furan rings is 1. The number of hydrogen-bond acceptors (Lipinski definition) is 5. The highest BCUT2D eigenvalue weighted by Gasteiger charge is 2.31. The van der Waals surface area contributed by atoms with Crippen molar-refractivity contribution in [2.75, 3.05) is 17.2 Å². The number of hydrogen-bond donors (Lipinski definition) is 2. The molecule has 1 aliphatic heterocycles. The highest BCUT2D eigenvalue weighted by molar-refractivity contribution is 6.05. The highest BCUT2D eigenvalue weighted by Crippen LogP contribution is 2.33. The molecule has 0 saturated carbocycles. The van der Waals surface area contributed by atoms with E-state index in [2.05, 4.69) is 15.6 Å². The number of amides is 2. The van der Waals surface area contributed by atoms with Gasteiger partial charge in [0, 0.05) is 5.56 Å². The summed E-state index contributed by atoms with van der Waals surface area (Å²) in [5, 5.41) is 5.28. The molecule has 2 aromatic carbocycles. The van der Waals surface area contributed by atoms with E-state index in [0.717, 1.165) is 12.1 Å². The Morgan fingerprint density at radius 3 is 2.79 bits per heavy atom. The Morgan fingerprint density at radius 2 is 2.03 bits per heavy atom. The van der Waals surface area contributed by atoms with Gasteiger partial charge in [0.1, 0.15) is 11.5 Å². The number of carbonyl (C=O) groups is 2. The van der Waals surface area contributed by atoms with Crippen LogP contribution in [-0.2, 0) is 17.5 Å². The van der Waals surface area contributed by atoms with E-state index in [9.17, 15) is 22.8 Å². The zero-order chi connectivity index (χ0) is 23.2. The fourth-order valence-electron chi connectivity index (χ4n) is 3.51. The van der Waals surface area contributed by atoms with Gasteiger partial charge < -0.3 is 19.0 Å². The van der Waals surface area contributed by atoms with Gasteiger partial charge in [-0.1, -0.05) is 0 Å². The summed E-state index contributed by atoms with van der Waals surface area (Å²) in [5.41, 5.74) is 0.281. The Kier molecular flexibility index (Phi) is 4.81. The topological polar surface area (TPSA) is 98.4 Å². The average Bonchev–Trinajstić information content (AvgIpc) is 3.41. The number of carbonyl (C=O) groups excluding carboxylic acids is 2. The Labute approximate surface area is 184 Å². The fourth-order valence-corrected chi connectivity index (χ4v) is 3.51. The second-order valence-electron chi connectivity index (χ2n) is 7.30. The van der Waals surface area contributed by atoms with Crippen LogP contribution in [0.25, 0.3) is 11.0 Å². The molecule has 2 aromatic heterocycles. The van der Waals surface area contributed by atoms with Crippen molar-refractivity contribution in [2.45, 2.75) is 12.7 Å². The monoisotopic (exact) mass is 456 g/mol. The van der Waals surface area contributed by atoms with Crippen LogP contribution >= 0.6 is 0 Å². The van der Waals surface area contributed by atoms with Crippen molar-refractivity contribution in [3.8, 4) is 5.75 Å². The smallest absolute Gasteiger partial charge is 0.416 e. The highest BCUT2D eigenvalue weighted by atomic mass is 19.4. The first-order valence-electron chi connectivity index (χ1n) is 9.76. The van der Waals surface area contributed by atoms with Crippen LogP contribution in [0.5, 0.6) is 5.75 Å². The lowest BCUT2D eigenvalue weighted by atomic mass is 10.1. The quantitative estimate of drug-likeness (QED) is 0.478. The van der Waals surface area contributed by atoms with Crippen molar-refractivity contribution in [2.24, 2.45) is 0 Å². The summed E-state index contributed by atoms with van der Waals surface area (Å²) in [6.07, 6.45) is -3.05. The lowest BCUT2D eigenvalue weighted by Crippen LogP contribution is -2.25. The number of alkyl halides is 3. The molecule has 0 fully saturated rings. The van der Waals surface area contributed by atoms with Crippen LogP contribution in [0.15, 0.2) is 59.2 Å². The standard InChI is InChI=1S/C22H15F3N4O4/c23-22(24,25)13-4-6-17-16(9-13)27-21(29(17)10-14-2-1-7-32-14)28-20(31)12-3-5-15-18(8-12)33-11-19(30)26-15/h1-9H,10-11H2,(H,26,30)(H,27,28,31). The Hall–Kier alpha value is -4.28. The van der Waals surface area contributed by atoms with Crippen molar-refractivity contribution < 1.29 is 31.9 Å². The normalized spacial score (nSPS) is 13.4. The number of imidazole rings is 1. The van der Waals surface area contributed by atoms with Gasteiger partial charge in [0.05, 0.1) is 35.1 Å². The second-order valence-corrected chi connectivity index (χ2v) is 7.30. The summed E-state index contributed by atoms with van der Waals surface area (Å²) in [5.74, 6) is 0.0661. The van der Waals surface area contributed by atoms with Crippen molar-refractivity contribution in [3.63, 3.8) is 0 Å². The summed E-state index contributed by atoms with van der Waals surface area (Å²) in [7, 11) is 0. The second kappa shape index (κ2) is 7.69. The first kappa shape index (κ1) is 20.6. The number of nitrogens with zero attached hydrogens (tertiary/aromatic N) is 2. The summed E-state index contributed by atoms with van der Waals surface area (Å²) in [6.45, 7) is -0.0254. The first-order chi connectivity index (χ1) is 15.8. The molecule has 1 aliphatic rings. The third-order valence-corrected chi connectivity index (χ3v) is 5.07. The molecular weight excluding hydrogens is 441 g/mol. The molecule has 0 unspecified atom stereocenters. The van der Waals surface area contributed by atoms with Gasteiger partial charge in [0.2, 0.25) is 5.95 Å². The molecule has 2 N–H and O–H groups in total. The third kappa shape index (κ3) is 4.00. The van der Waals surface area contributed by atoms with Crippen LogP contribution in [0.4, 0.5) is 24.8 Å². The largest absolute Gasteiger partial charge is 0.482 e. The van der Waals surface area contributed by atoms with Crippen LogP contribution in [0.1, 0.15) is 21.7 Å². The van der Waals surface area contributed by atoms with E-state index in [4.69, 9.17) is 9.15 Å². The molecule has 11 heteroatoms. The molecule has 8 nitrogen and oxygen atoms in total. The van der Waals surface area contributed by atoms with Crippen LogP contribution < -0.4 is 15.4 Å². The van der Waals surface area contributed by atoms with Gasteiger partial charge in [-0.3, -0.25) is 14.9 Å². The van der Waals surface area contributed by atoms with E-state index in [1.165, 1.54) is 30.5 Å². The molecule has 4 aromatic rings. The lowest BCUT2D eigenvalue weighted by Gasteiger charge is -2.18. The SMILES string of the molecule is O=C1COc2cc(C(=O)Nc3nc4cc(C(F)(F)F)ccc4n3Cc3ccco3)ccc2N1. The number of rotatable bonds is 4. The molecule has 33 heavy (non-hydrogen) atoms. The summed E-state index contributed by atoms with van der Waals surface area (Å²) >= 11 is 0. The van der Waals surface area contributed by atoms with Gasteiger partial charge in [-0.2, -0.15) is 13.2 Å².